The van der Waals surface area contributed by atoms with Gasteiger partial charge in [0.05, 0.1) is 94.1 Å². The molecule has 0 atom stereocenters. The largest absolute Gasteiger partial charge is 0.506 e. The second-order valence-corrected chi connectivity index (χ2v) is 31.8. The first-order valence-electron chi connectivity index (χ1n) is 38.5. The van der Waals surface area contributed by atoms with Gasteiger partial charge >= 0.3 is 0 Å². The Kier molecular flexibility index (Phi) is 35.5. The van der Waals surface area contributed by atoms with Crippen LogP contribution in [0.3, 0.4) is 0 Å². The normalized spacial score (nSPS) is 10.5. The molecule has 0 aliphatic carbocycles. The maximum atomic E-state index is 13.0. The van der Waals surface area contributed by atoms with E-state index in [0.29, 0.717) is 109 Å². The minimum absolute atomic E-state index is 0.0497. The van der Waals surface area contributed by atoms with Crippen molar-refractivity contribution in [3.63, 3.8) is 0 Å². The van der Waals surface area contributed by atoms with Crippen molar-refractivity contribution in [1.82, 2.24) is 58.7 Å². The second kappa shape index (κ2) is 46.4. The zero-order valence-corrected chi connectivity index (χ0v) is 77.2. The number of nitrogens with one attached hydrogen (secondary N) is 12. The summed E-state index contributed by atoms with van der Waals surface area (Å²) in [6.45, 7) is 0. The number of phenols is 1. The van der Waals surface area contributed by atoms with E-state index in [0.717, 1.165) is 24.1 Å². The van der Waals surface area contributed by atoms with E-state index in [1.807, 2.05) is 0 Å². The lowest BCUT2D eigenvalue weighted by Gasteiger charge is -2.14. The average molecular weight is 1920 g/mol. The highest BCUT2D eigenvalue weighted by Gasteiger charge is 2.27. The molecule has 4 aromatic heterocycles. The minimum Gasteiger partial charge on any atom is -0.506 e. The van der Waals surface area contributed by atoms with Crippen LogP contribution in [0.1, 0.15) is 115 Å². The molecule has 0 fully saturated rings. The molecule has 0 spiro atoms. The molecule has 46 heteroatoms. The number of benzene rings is 8. The van der Waals surface area contributed by atoms with E-state index in [1.54, 1.807) is 238 Å². The van der Waals surface area contributed by atoms with Gasteiger partial charge in [-0.15, -0.1) is 9.32 Å². The van der Waals surface area contributed by atoms with Crippen LogP contribution >= 0.6 is 70.5 Å². The van der Waals surface area contributed by atoms with Gasteiger partial charge in [0.25, 0.3) is 53.2 Å². The molecule has 0 aliphatic rings. The first-order chi connectivity index (χ1) is 62.7. The van der Waals surface area contributed by atoms with Gasteiger partial charge in [0.2, 0.25) is 0 Å². The highest BCUT2D eigenvalue weighted by atomic mass is 35.5. The number of rotatable bonds is 27. The van der Waals surface area contributed by atoms with Gasteiger partial charge in [0.15, 0.2) is 0 Å². The van der Waals surface area contributed by atoms with E-state index in [9.17, 15) is 48.3 Å². The van der Waals surface area contributed by atoms with Crippen molar-refractivity contribution in [2.45, 2.75) is 9.79 Å². The fourth-order valence-electron chi connectivity index (χ4n) is 11.5. The number of nitrogens with two attached hydrogens (primary N) is 2. The summed E-state index contributed by atoms with van der Waals surface area (Å²) in [7, 11) is 21.9. The van der Waals surface area contributed by atoms with Gasteiger partial charge in [0.1, 0.15) is 74.6 Å². The fourth-order valence-corrected chi connectivity index (χ4v) is 13.4. The second-order valence-electron chi connectivity index (χ2n) is 28.6. The molecular weight excluding hydrogens is 1830 g/mol. The molecular formula is C86H88Cl4N26O14S2. The molecule has 8 aromatic carbocycles. The van der Waals surface area contributed by atoms with Crippen LogP contribution in [0.5, 0.6) is 5.75 Å². The van der Waals surface area contributed by atoms with Gasteiger partial charge in [-0.2, -0.15) is 30.6 Å². The lowest BCUT2D eigenvalue weighted by Crippen LogP contribution is -2.22. The smallest absolute Gasteiger partial charge is 0.261 e. The van der Waals surface area contributed by atoms with Crippen molar-refractivity contribution < 1.29 is 66.8 Å². The summed E-state index contributed by atoms with van der Waals surface area (Å²) < 4.78 is 15.0. The Labute approximate surface area is 783 Å². The summed E-state index contributed by atoms with van der Waals surface area (Å²) >= 11 is 25.4. The fraction of sp³-hybridized carbons (Fsp3) is 0.151. The molecule has 9 amide bonds. The molecule has 686 valence electrons. The van der Waals surface area contributed by atoms with Crippen LogP contribution in [0.2, 0.25) is 20.1 Å². The number of amides is 9. The maximum absolute atomic E-state index is 13.0. The number of anilines is 8. The summed E-state index contributed by atoms with van der Waals surface area (Å²) in [5, 5.41) is 81.3. The summed E-state index contributed by atoms with van der Waals surface area (Å²) in [4.78, 5) is 131. The minimum atomic E-state index is -0.752. The third kappa shape index (κ3) is 26.7. The van der Waals surface area contributed by atoms with Crippen LogP contribution < -0.4 is 54.2 Å². The number of amidine groups is 4. The first kappa shape index (κ1) is 101. The van der Waals surface area contributed by atoms with Crippen LogP contribution in [0.25, 0.3) is 0 Å². The lowest BCUT2D eigenvalue weighted by atomic mass is 10.1. The highest BCUT2D eigenvalue weighted by molar-refractivity contribution is 7.95. The van der Waals surface area contributed by atoms with Crippen molar-refractivity contribution >= 4 is 193 Å². The number of hydrogen-bond donors (Lipinski definition) is 15. The molecule has 0 saturated heterocycles. The Morgan fingerprint density at radius 2 is 0.583 bits per heavy atom. The number of aromatic hydroxyl groups is 1. The van der Waals surface area contributed by atoms with E-state index in [2.05, 4.69) is 77.1 Å². The average Bonchev–Trinajstić information content (AvgIpc) is 1.66. The Morgan fingerprint density at radius 3 is 0.848 bits per heavy atom. The van der Waals surface area contributed by atoms with Crippen molar-refractivity contribution in [2.24, 2.45) is 39.8 Å². The number of carbonyl (C=O) groups excluding carboxylic acids is 9. The van der Waals surface area contributed by atoms with Gasteiger partial charge in [0, 0.05) is 155 Å². The molecule has 0 aliphatic heterocycles. The monoisotopic (exact) mass is 1910 g/mol. The van der Waals surface area contributed by atoms with Crippen LogP contribution in [0.15, 0.2) is 204 Å². The number of hydrogen-bond acceptors (Lipinski definition) is 25. The van der Waals surface area contributed by atoms with Crippen LogP contribution in [-0.2, 0) is 46.7 Å². The number of aromatic nitrogens is 8. The maximum Gasteiger partial charge on any atom is 0.261 e. The Hall–Kier alpha value is -14.8. The van der Waals surface area contributed by atoms with Crippen LogP contribution in [0, 0.1) is 21.6 Å². The number of aryl methyl sites for hydroxylation is 4. The summed E-state index contributed by atoms with van der Waals surface area (Å²) in [6.07, 6.45) is 5.32. The number of carbonyl (C=O) groups is 9. The van der Waals surface area contributed by atoms with Gasteiger partial charge in [-0.3, -0.25) is 83.5 Å². The molecule has 12 aromatic rings. The standard InChI is InChI=1S/C22H22ClN7O3.C22H23ClN6O4S.C21H22ClN7O4S.C21H21ClN6O3/c1-29(2)18(24)12-4-6-13(7-5-12)21(32)28-20-16(11-26-30(20)3)22(33)27-17-9-8-14(23)10-15(17)19(25)31;1-28(2)19(24)13-5-7-14(8-6-13)21(30)27-20-16(12-25-29(20)3)22(31)26-17-10-9-15(23)11-18(17)34-33-32-4;1-28(2)18(23)12-4-6-13(7-5-12)20(30)27-19-15(11-25-29(19)3)21(31)26-16-9-8-14(22)10-17(16)34-33-32-24;1-27(2)18(23)12-4-6-13(7-5-12)20(30)26-19-15(11-24-28(19)3)21(31)25-16-9-8-14(22)10-17(16)29/h4-11,24H,1-3H3,(H2,25,31)(H,27,33)(H,28,32);5-12,24H,1-4H3,(H,26,31)(H,27,30);4-11,23H,24H2,1-3H3,(H,26,31)(H,27,30);4-11,23,29H,1-3H3,(H,25,31)(H,26,30). The number of nitrogens with zero attached hydrogens (tertiary/aromatic N) is 12. The highest BCUT2D eigenvalue weighted by Crippen LogP contribution is 2.35. The summed E-state index contributed by atoms with van der Waals surface area (Å²) in [6, 6.07) is 44.5. The van der Waals surface area contributed by atoms with Gasteiger partial charge < -0.3 is 73.0 Å². The van der Waals surface area contributed by atoms with E-state index >= 15 is 0 Å². The third-order valence-electron chi connectivity index (χ3n) is 18.6. The molecule has 132 heavy (non-hydrogen) atoms. The van der Waals surface area contributed by atoms with E-state index < -0.39 is 53.2 Å². The zero-order valence-electron chi connectivity index (χ0n) is 72.6. The van der Waals surface area contributed by atoms with Gasteiger partial charge in [-0.05, 0) is 115 Å². The zero-order chi connectivity index (χ0) is 96.6. The molecule has 0 saturated carbocycles. The number of primary amides is 1. The summed E-state index contributed by atoms with van der Waals surface area (Å²) in [5.74, 6) is 2.11. The van der Waals surface area contributed by atoms with E-state index in [4.69, 9.17) is 84.0 Å². The molecule has 12 rings (SSSR count). The Morgan fingerprint density at radius 1 is 0.341 bits per heavy atom. The molecule has 0 bridgehead atoms. The van der Waals surface area contributed by atoms with Crippen molar-refractivity contribution in [3.8, 4) is 5.75 Å². The predicted molar refractivity (Wildman–Crippen MR) is 506 cm³/mol. The van der Waals surface area contributed by atoms with Gasteiger partial charge in [-0.1, -0.05) is 94.9 Å². The SMILES string of the molecule is CN(C)C(=N)c1ccc(C(=O)Nc2c(C(=O)Nc3ccc(Cl)cc3C(N)=O)cnn2C)cc1.CN(C)C(=N)c1ccc(C(=O)Nc2c(C(=O)Nc3ccc(Cl)cc3O)cnn2C)cc1.CN(C)C(=N)c1ccc(C(=O)Nc2c(C(=O)Nc3ccc(Cl)cc3SOON)cnn2C)cc1.COOSc1cc(Cl)ccc1NC(=O)c1cnn(C)c1NC(=O)c1ccc(C(=N)N(C)C)cc1. The first-order valence-corrected chi connectivity index (χ1v) is 41.4. The van der Waals surface area contributed by atoms with Crippen molar-refractivity contribution in [1.29, 1.82) is 21.6 Å². The van der Waals surface area contributed by atoms with Crippen LogP contribution in [-0.4, -0.2) is 204 Å². The Bertz CT molecular complexity index is 6160. The molecule has 4 heterocycles. The predicted octanol–water partition coefficient (Wildman–Crippen LogP) is 13.1. The van der Waals surface area contributed by atoms with Crippen molar-refractivity contribution in [2.75, 3.05) is 106 Å². The number of phenolic OH excluding ortho intramolecular Hbond substituents is 1. The lowest BCUT2D eigenvalue weighted by molar-refractivity contribution is -0.195. The Balaban J connectivity index is 0.000000198. The quantitative estimate of drug-likeness (QED) is 0.00568. The third-order valence-corrected chi connectivity index (χ3v) is 20.9. The molecule has 0 unspecified atom stereocenters. The van der Waals surface area contributed by atoms with Crippen molar-refractivity contribution in [3.05, 3.63) is 287 Å². The number of halogens is 4. The topological polar surface area (TPSA) is 539 Å². The van der Waals surface area contributed by atoms with Crippen LogP contribution in [0.4, 0.5) is 46.0 Å². The van der Waals surface area contributed by atoms with E-state index in [1.165, 1.54) is 87.0 Å². The molecule has 0 radical (unpaired) electrons. The molecule has 40 nitrogen and oxygen atoms in total. The molecule has 17 N–H and O–H groups in total. The summed E-state index contributed by atoms with van der Waals surface area (Å²) in [5.41, 5.74) is 11.2. The van der Waals surface area contributed by atoms with E-state index in [-0.39, 0.29) is 68.2 Å². The van der Waals surface area contributed by atoms with Gasteiger partial charge in [-0.25, -0.2) is 4.89 Å².